The van der Waals surface area contributed by atoms with Crippen LogP contribution in [0.4, 0.5) is 11.5 Å². The van der Waals surface area contributed by atoms with Crippen LogP contribution in [0.2, 0.25) is 0 Å². The highest BCUT2D eigenvalue weighted by atomic mass is 16.5. The normalized spacial score (nSPS) is 18.6. The van der Waals surface area contributed by atoms with E-state index >= 15 is 0 Å². The summed E-state index contributed by atoms with van der Waals surface area (Å²) in [7, 11) is 0. The fourth-order valence-electron chi connectivity index (χ4n) is 6.13. The van der Waals surface area contributed by atoms with Crippen LogP contribution >= 0.6 is 0 Å². The Labute approximate surface area is 245 Å². The largest absolute Gasteiger partial charge is 0.480 e. The van der Waals surface area contributed by atoms with E-state index in [1.54, 1.807) is 0 Å². The molecule has 2 aliphatic heterocycles. The number of ether oxygens (including phenoxy) is 1. The van der Waals surface area contributed by atoms with Crippen molar-refractivity contribution in [1.29, 1.82) is 0 Å². The van der Waals surface area contributed by atoms with Gasteiger partial charge in [0.1, 0.15) is 11.9 Å². The second kappa shape index (κ2) is 14.3. The Kier molecular flexibility index (Phi) is 10.3. The Balaban J connectivity index is 1.11. The first-order valence-corrected chi connectivity index (χ1v) is 15.9. The van der Waals surface area contributed by atoms with Gasteiger partial charge in [0.05, 0.1) is 6.10 Å². The Morgan fingerprint density at radius 2 is 2.05 bits per heavy atom. The molecule has 1 saturated carbocycles. The quantitative estimate of drug-likeness (QED) is 0.205. The average molecular weight is 561 g/mol. The van der Waals surface area contributed by atoms with Gasteiger partial charge in [-0.3, -0.25) is 9.69 Å². The molecule has 1 saturated heterocycles. The fraction of sp³-hybridized carbons (Fsp3) is 0.588. The number of carbonyl (C=O) groups is 1. The van der Waals surface area contributed by atoms with E-state index in [2.05, 4.69) is 53.7 Å². The Hall–Kier alpha value is -2.90. The zero-order valence-corrected chi connectivity index (χ0v) is 25.0. The van der Waals surface area contributed by atoms with Crippen molar-refractivity contribution in [2.75, 3.05) is 36.9 Å². The van der Waals surface area contributed by atoms with Crippen LogP contribution in [-0.4, -0.2) is 59.3 Å². The van der Waals surface area contributed by atoms with E-state index in [9.17, 15) is 9.90 Å². The van der Waals surface area contributed by atoms with Crippen LogP contribution in [0.1, 0.15) is 100 Å². The molecule has 0 amide bonds. The highest BCUT2D eigenvalue weighted by Gasteiger charge is 2.39. The molecule has 3 aliphatic rings. The van der Waals surface area contributed by atoms with E-state index in [-0.39, 0.29) is 6.10 Å². The van der Waals surface area contributed by atoms with E-state index in [1.165, 1.54) is 29.7 Å². The molecule has 3 heterocycles. The van der Waals surface area contributed by atoms with Crippen LogP contribution in [0.3, 0.4) is 0 Å². The van der Waals surface area contributed by atoms with Crippen molar-refractivity contribution in [3.63, 3.8) is 0 Å². The molecule has 0 bridgehead atoms. The standard InChI is InChI=1S/C34H48N4O3/c1-3-4-11-24(2)29-16-9-17-30(31(29)36-26-14-8-15-26)32(34(39)40)38-22-28(23-38)41-21-7-5-6-13-27-19-18-25-12-10-20-35-33(25)37-27/h9,11,16-19,26,28,32,36H,3-8,10,12-15,20-23H2,1-2H3,(H,35,37)(H,39,40)/b24-11-. The number of nitrogens with one attached hydrogen (secondary N) is 2. The zero-order chi connectivity index (χ0) is 28.6. The van der Waals surface area contributed by atoms with Crippen molar-refractivity contribution in [3.8, 4) is 0 Å². The van der Waals surface area contributed by atoms with Crippen molar-refractivity contribution in [1.82, 2.24) is 9.88 Å². The molecule has 1 unspecified atom stereocenters. The molecule has 5 rings (SSSR count). The summed E-state index contributed by atoms with van der Waals surface area (Å²) in [4.78, 5) is 19.5. The lowest BCUT2D eigenvalue weighted by Crippen LogP contribution is -2.55. The molecule has 0 radical (unpaired) electrons. The molecule has 3 N–H and O–H groups in total. The van der Waals surface area contributed by atoms with Gasteiger partial charge in [0.2, 0.25) is 0 Å². The predicted octanol–water partition coefficient (Wildman–Crippen LogP) is 6.85. The van der Waals surface area contributed by atoms with Crippen LogP contribution in [0.15, 0.2) is 36.4 Å². The lowest BCUT2D eigenvalue weighted by atomic mass is 9.89. The minimum absolute atomic E-state index is 0.0997. The number of para-hydroxylation sites is 1. The summed E-state index contributed by atoms with van der Waals surface area (Å²) in [5.41, 5.74) is 6.72. The molecule has 2 aromatic rings. The minimum Gasteiger partial charge on any atom is -0.480 e. The summed E-state index contributed by atoms with van der Waals surface area (Å²) >= 11 is 0. The Morgan fingerprint density at radius 3 is 2.80 bits per heavy atom. The number of pyridine rings is 1. The smallest absolute Gasteiger partial charge is 0.325 e. The molecule has 222 valence electrons. The third-order valence-corrected chi connectivity index (χ3v) is 8.87. The molecule has 1 aromatic carbocycles. The number of fused-ring (bicyclic) bond motifs is 1. The van der Waals surface area contributed by atoms with E-state index in [4.69, 9.17) is 9.72 Å². The number of allylic oxidation sites excluding steroid dienone is 2. The number of benzene rings is 1. The third-order valence-electron chi connectivity index (χ3n) is 8.87. The maximum absolute atomic E-state index is 12.6. The number of likely N-dealkylation sites (tertiary alicyclic amines) is 1. The molecule has 41 heavy (non-hydrogen) atoms. The SMILES string of the molecule is CCC/C=C(/C)c1cccc(C(C(=O)O)N2CC(OCCCCCc3ccc4c(n3)NCCC4)C2)c1NC1CCC1. The molecule has 2 fully saturated rings. The van der Waals surface area contributed by atoms with Gasteiger partial charge in [-0.1, -0.05) is 50.1 Å². The Morgan fingerprint density at radius 1 is 1.20 bits per heavy atom. The average Bonchev–Trinajstić information content (AvgIpc) is 2.93. The lowest BCUT2D eigenvalue weighted by molar-refractivity contribution is -0.150. The monoisotopic (exact) mass is 560 g/mol. The maximum Gasteiger partial charge on any atom is 0.325 e. The van der Waals surface area contributed by atoms with E-state index in [0.29, 0.717) is 19.1 Å². The van der Waals surface area contributed by atoms with Crippen molar-refractivity contribution >= 4 is 23.0 Å². The van der Waals surface area contributed by atoms with Gasteiger partial charge in [-0.2, -0.15) is 0 Å². The number of hydrogen-bond donors (Lipinski definition) is 3. The number of rotatable bonds is 15. The summed E-state index contributed by atoms with van der Waals surface area (Å²) in [6, 6.07) is 10.3. The number of aryl methyl sites for hydroxylation is 2. The molecule has 7 heteroatoms. The second-order valence-corrected chi connectivity index (χ2v) is 12.1. The third kappa shape index (κ3) is 7.49. The van der Waals surface area contributed by atoms with Crippen LogP contribution < -0.4 is 10.6 Å². The molecule has 1 atom stereocenters. The van der Waals surface area contributed by atoms with Gasteiger partial charge < -0.3 is 20.5 Å². The topological polar surface area (TPSA) is 86.7 Å². The number of nitrogens with zero attached hydrogens (tertiary/aromatic N) is 2. The highest BCUT2D eigenvalue weighted by molar-refractivity contribution is 5.84. The van der Waals surface area contributed by atoms with Gasteiger partial charge in [-0.15, -0.1) is 0 Å². The molecular weight excluding hydrogens is 512 g/mol. The summed E-state index contributed by atoms with van der Waals surface area (Å²) in [6.07, 6.45) is 14.5. The van der Waals surface area contributed by atoms with Crippen LogP contribution in [0.25, 0.3) is 5.57 Å². The second-order valence-electron chi connectivity index (χ2n) is 12.1. The van der Waals surface area contributed by atoms with Gasteiger partial charge >= 0.3 is 5.97 Å². The number of aliphatic carboxylic acids is 1. The van der Waals surface area contributed by atoms with Gasteiger partial charge in [0, 0.05) is 54.8 Å². The predicted molar refractivity (Wildman–Crippen MR) is 167 cm³/mol. The zero-order valence-electron chi connectivity index (χ0n) is 25.0. The van der Waals surface area contributed by atoms with Gasteiger partial charge in [-0.05, 0) is 81.9 Å². The van der Waals surface area contributed by atoms with Gasteiger partial charge in [0.15, 0.2) is 0 Å². The van der Waals surface area contributed by atoms with Crippen molar-refractivity contribution in [2.24, 2.45) is 0 Å². The number of unbranched alkanes of at least 4 members (excludes halogenated alkanes) is 3. The van der Waals surface area contributed by atoms with Crippen molar-refractivity contribution < 1.29 is 14.6 Å². The van der Waals surface area contributed by atoms with E-state index in [1.807, 2.05) is 12.1 Å². The number of carboxylic acid groups (broad SMARTS) is 1. The van der Waals surface area contributed by atoms with E-state index in [0.717, 1.165) is 93.6 Å². The van der Waals surface area contributed by atoms with Crippen LogP contribution in [-0.2, 0) is 22.4 Å². The summed E-state index contributed by atoms with van der Waals surface area (Å²) in [6.45, 7) is 7.38. The first-order valence-electron chi connectivity index (χ1n) is 15.9. The van der Waals surface area contributed by atoms with E-state index < -0.39 is 12.0 Å². The fourth-order valence-corrected chi connectivity index (χ4v) is 6.13. The number of hydrogen-bond acceptors (Lipinski definition) is 6. The Bertz CT molecular complexity index is 1200. The number of carboxylic acids is 1. The van der Waals surface area contributed by atoms with Crippen LogP contribution in [0.5, 0.6) is 0 Å². The van der Waals surface area contributed by atoms with Crippen molar-refractivity contribution in [2.45, 2.75) is 103 Å². The molecule has 1 aliphatic carbocycles. The summed E-state index contributed by atoms with van der Waals surface area (Å²) in [5, 5.41) is 17.5. The lowest BCUT2D eigenvalue weighted by Gasteiger charge is -2.43. The molecule has 1 aromatic heterocycles. The van der Waals surface area contributed by atoms with Crippen molar-refractivity contribution in [3.05, 3.63) is 58.8 Å². The molecule has 7 nitrogen and oxygen atoms in total. The molecule has 0 spiro atoms. The minimum atomic E-state index is -0.793. The van der Waals surface area contributed by atoms with Crippen LogP contribution in [0, 0.1) is 0 Å². The number of anilines is 2. The summed E-state index contributed by atoms with van der Waals surface area (Å²) < 4.78 is 6.14. The first-order chi connectivity index (χ1) is 20.0. The highest BCUT2D eigenvalue weighted by Crippen LogP contribution is 2.38. The van der Waals surface area contributed by atoms with Gasteiger partial charge in [0.25, 0.3) is 0 Å². The first kappa shape index (κ1) is 29.6. The number of aromatic nitrogens is 1. The maximum atomic E-state index is 12.6. The summed E-state index contributed by atoms with van der Waals surface area (Å²) in [5.74, 6) is 0.283. The molecular formula is C34H48N4O3. The van der Waals surface area contributed by atoms with Gasteiger partial charge in [-0.25, -0.2) is 4.98 Å².